The van der Waals surface area contributed by atoms with E-state index in [4.69, 9.17) is 0 Å². The molecule has 23 heavy (non-hydrogen) atoms. The number of likely N-dealkylation sites (tertiary alicyclic amines) is 1. The highest BCUT2D eigenvalue weighted by Crippen LogP contribution is 2.44. The first-order valence-electron chi connectivity index (χ1n) is 8.65. The van der Waals surface area contributed by atoms with Crippen LogP contribution in [0.3, 0.4) is 0 Å². The average molecular weight is 315 g/mol. The van der Waals surface area contributed by atoms with Crippen LogP contribution in [-0.2, 0) is 9.59 Å². The molecule has 0 radical (unpaired) electrons. The van der Waals surface area contributed by atoms with Gasteiger partial charge in [0.2, 0.25) is 5.91 Å². The fraction of sp³-hybridized carbons (Fsp3) is 0.579. The number of carbonyl (C=O) groups excluding carboxylic acids is 1. The summed E-state index contributed by atoms with van der Waals surface area (Å²) in [7, 11) is 0. The number of amides is 1. The van der Waals surface area contributed by atoms with Gasteiger partial charge < -0.3 is 10.0 Å². The third kappa shape index (κ3) is 3.57. The SMILES string of the molecule is CCC(CC(=O)N1C[C@H](C(=O)O)[C@@H](C2CC2)C1)c1ccccc1. The Kier molecular flexibility index (Phi) is 4.69. The number of rotatable bonds is 6. The monoisotopic (exact) mass is 315 g/mol. The molecule has 3 rings (SSSR count). The lowest BCUT2D eigenvalue weighted by Crippen LogP contribution is -2.31. The summed E-state index contributed by atoms with van der Waals surface area (Å²) >= 11 is 0. The minimum Gasteiger partial charge on any atom is -0.481 e. The minimum atomic E-state index is -0.743. The van der Waals surface area contributed by atoms with Gasteiger partial charge in [-0.2, -0.15) is 0 Å². The van der Waals surface area contributed by atoms with E-state index in [0.717, 1.165) is 19.3 Å². The van der Waals surface area contributed by atoms with Gasteiger partial charge in [-0.25, -0.2) is 0 Å². The number of hydrogen-bond donors (Lipinski definition) is 1. The summed E-state index contributed by atoms with van der Waals surface area (Å²) in [5.41, 5.74) is 1.19. The van der Waals surface area contributed by atoms with Crippen LogP contribution in [0.5, 0.6) is 0 Å². The van der Waals surface area contributed by atoms with Gasteiger partial charge >= 0.3 is 5.97 Å². The van der Waals surface area contributed by atoms with Crippen LogP contribution < -0.4 is 0 Å². The molecule has 2 fully saturated rings. The molecule has 1 aliphatic heterocycles. The molecule has 2 aliphatic rings. The summed E-state index contributed by atoms with van der Waals surface area (Å²) in [6, 6.07) is 10.1. The van der Waals surface area contributed by atoms with Crippen molar-refractivity contribution in [2.24, 2.45) is 17.8 Å². The molecule has 0 bridgehead atoms. The molecule has 1 unspecified atom stereocenters. The second kappa shape index (κ2) is 6.73. The van der Waals surface area contributed by atoms with E-state index in [9.17, 15) is 14.7 Å². The smallest absolute Gasteiger partial charge is 0.308 e. The first-order valence-corrected chi connectivity index (χ1v) is 8.65. The standard InChI is InChI=1S/C19H25NO3/c1-2-13(14-6-4-3-5-7-14)10-18(21)20-11-16(15-8-9-15)17(12-20)19(22)23/h3-7,13,15-17H,2,8-12H2,1H3,(H,22,23)/t13?,16-,17+/m1/s1. The summed E-state index contributed by atoms with van der Waals surface area (Å²) in [6.45, 7) is 3.12. The van der Waals surface area contributed by atoms with Crippen molar-refractivity contribution in [2.45, 2.75) is 38.5 Å². The van der Waals surface area contributed by atoms with E-state index in [1.807, 2.05) is 18.2 Å². The fourth-order valence-electron chi connectivity index (χ4n) is 3.86. The number of carbonyl (C=O) groups is 2. The number of aliphatic carboxylic acids is 1. The Morgan fingerprint density at radius 3 is 2.48 bits per heavy atom. The predicted molar refractivity (Wildman–Crippen MR) is 88.0 cm³/mol. The minimum absolute atomic E-state index is 0.107. The van der Waals surface area contributed by atoms with Gasteiger partial charge in [-0.05, 0) is 42.6 Å². The molecule has 4 nitrogen and oxygen atoms in total. The number of hydrogen-bond acceptors (Lipinski definition) is 2. The molecular formula is C19H25NO3. The van der Waals surface area contributed by atoms with E-state index >= 15 is 0 Å². The highest BCUT2D eigenvalue weighted by Gasteiger charge is 2.46. The van der Waals surface area contributed by atoms with Crippen LogP contribution in [0.15, 0.2) is 30.3 Å². The van der Waals surface area contributed by atoms with E-state index < -0.39 is 5.97 Å². The first kappa shape index (κ1) is 16.0. The van der Waals surface area contributed by atoms with Crippen LogP contribution in [0.1, 0.15) is 44.1 Å². The molecule has 1 heterocycles. The van der Waals surface area contributed by atoms with Gasteiger partial charge in [-0.15, -0.1) is 0 Å². The van der Waals surface area contributed by atoms with E-state index in [1.165, 1.54) is 5.56 Å². The van der Waals surface area contributed by atoms with Gasteiger partial charge in [0, 0.05) is 19.5 Å². The third-order valence-corrected chi connectivity index (χ3v) is 5.45. The van der Waals surface area contributed by atoms with Crippen molar-refractivity contribution in [1.82, 2.24) is 4.90 Å². The van der Waals surface area contributed by atoms with Crippen LogP contribution in [0.2, 0.25) is 0 Å². The molecule has 0 aromatic heterocycles. The van der Waals surface area contributed by atoms with Gasteiger partial charge in [-0.1, -0.05) is 37.3 Å². The molecule has 1 aromatic rings. The molecule has 1 aliphatic carbocycles. The molecule has 124 valence electrons. The maximum atomic E-state index is 12.7. The van der Waals surface area contributed by atoms with Gasteiger partial charge in [0.15, 0.2) is 0 Å². The molecular weight excluding hydrogens is 290 g/mol. The quantitative estimate of drug-likeness (QED) is 0.877. The van der Waals surface area contributed by atoms with Crippen molar-refractivity contribution < 1.29 is 14.7 Å². The summed E-state index contributed by atoms with van der Waals surface area (Å²) < 4.78 is 0. The van der Waals surface area contributed by atoms with Crippen molar-refractivity contribution in [1.29, 1.82) is 0 Å². The Bertz CT molecular complexity index is 567. The Labute approximate surface area is 137 Å². The highest BCUT2D eigenvalue weighted by atomic mass is 16.4. The van der Waals surface area contributed by atoms with E-state index in [2.05, 4.69) is 19.1 Å². The van der Waals surface area contributed by atoms with E-state index in [-0.39, 0.29) is 23.7 Å². The molecule has 1 N–H and O–H groups in total. The van der Waals surface area contributed by atoms with E-state index in [1.54, 1.807) is 4.90 Å². The molecule has 0 spiro atoms. The van der Waals surface area contributed by atoms with E-state index in [0.29, 0.717) is 25.4 Å². The van der Waals surface area contributed by atoms with Gasteiger partial charge in [-0.3, -0.25) is 9.59 Å². The first-order chi connectivity index (χ1) is 11.1. The predicted octanol–water partition coefficient (Wildman–Crippen LogP) is 3.14. The summed E-state index contributed by atoms with van der Waals surface area (Å²) in [4.78, 5) is 26.0. The summed E-state index contributed by atoms with van der Waals surface area (Å²) in [5, 5.41) is 9.43. The van der Waals surface area contributed by atoms with Crippen LogP contribution in [-0.4, -0.2) is 35.0 Å². The zero-order valence-electron chi connectivity index (χ0n) is 13.6. The van der Waals surface area contributed by atoms with Crippen molar-refractivity contribution in [2.75, 3.05) is 13.1 Å². The second-order valence-electron chi connectivity index (χ2n) is 6.96. The third-order valence-electron chi connectivity index (χ3n) is 5.45. The van der Waals surface area contributed by atoms with Gasteiger partial charge in [0.1, 0.15) is 0 Å². The number of carboxylic acid groups (broad SMARTS) is 1. The summed E-state index contributed by atoms with van der Waals surface area (Å²) in [6.07, 6.45) is 3.64. The summed E-state index contributed by atoms with van der Waals surface area (Å²) in [5.74, 6) is -0.115. The Morgan fingerprint density at radius 2 is 1.91 bits per heavy atom. The lowest BCUT2D eigenvalue weighted by molar-refractivity contribution is -0.142. The molecule has 1 aromatic carbocycles. The molecule has 1 saturated carbocycles. The van der Waals surface area contributed by atoms with Crippen molar-refractivity contribution in [3.8, 4) is 0 Å². The fourth-order valence-corrected chi connectivity index (χ4v) is 3.86. The van der Waals surface area contributed by atoms with Crippen molar-refractivity contribution in [3.63, 3.8) is 0 Å². The Balaban J connectivity index is 1.65. The largest absolute Gasteiger partial charge is 0.481 e. The van der Waals surface area contributed by atoms with Crippen LogP contribution in [0.4, 0.5) is 0 Å². The second-order valence-corrected chi connectivity index (χ2v) is 6.96. The average Bonchev–Trinajstić information content (AvgIpc) is 3.31. The number of benzene rings is 1. The number of nitrogens with zero attached hydrogens (tertiary/aromatic N) is 1. The number of carboxylic acids is 1. The van der Waals surface area contributed by atoms with Crippen LogP contribution in [0.25, 0.3) is 0 Å². The van der Waals surface area contributed by atoms with Gasteiger partial charge in [0.05, 0.1) is 5.92 Å². The van der Waals surface area contributed by atoms with Crippen molar-refractivity contribution in [3.05, 3.63) is 35.9 Å². The molecule has 1 saturated heterocycles. The lowest BCUT2D eigenvalue weighted by atomic mass is 9.92. The maximum absolute atomic E-state index is 12.7. The normalized spacial score (nSPS) is 25.3. The zero-order chi connectivity index (χ0) is 16.4. The van der Waals surface area contributed by atoms with Crippen molar-refractivity contribution >= 4 is 11.9 Å². The molecule has 4 heteroatoms. The zero-order valence-corrected chi connectivity index (χ0v) is 13.6. The highest BCUT2D eigenvalue weighted by molar-refractivity contribution is 5.79. The topological polar surface area (TPSA) is 57.6 Å². The van der Waals surface area contributed by atoms with Gasteiger partial charge in [0.25, 0.3) is 0 Å². The van der Waals surface area contributed by atoms with Crippen LogP contribution >= 0.6 is 0 Å². The Hall–Kier alpha value is -1.84. The lowest BCUT2D eigenvalue weighted by Gasteiger charge is -2.21. The molecule has 3 atom stereocenters. The maximum Gasteiger partial charge on any atom is 0.308 e. The van der Waals surface area contributed by atoms with Crippen LogP contribution in [0, 0.1) is 17.8 Å². The molecule has 1 amide bonds. The Morgan fingerprint density at radius 1 is 1.22 bits per heavy atom.